The van der Waals surface area contributed by atoms with E-state index >= 15 is 0 Å². The average molecular weight is 278 g/mol. The van der Waals surface area contributed by atoms with Gasteiger partial charge in [0.05, 0.1) is 0 Å². The Kier molecular flexibility index (Phi) is 4.37. The maximum atomic E-state index is 13.3. The topological polar surface area (TPSA) is 49.7 Å². The molecular weight excluding hydrogens is 265 g/mol. The van der Waals surface area contributed by atoms with Gasteiger partial charge in [0, 0.05) is 5.46 Å². The van der Waals surface area contributed by atoms with Crippen LogP contribution in [0.3, 0.4) is 0 Å². The minimum absolute atomic E-state index is 0.116. The first-order valence-corrected chi connectivity index (χ1v) is 6.01. The third-order valence-corrected chi connectivity index (χ3v) is 2.87. The molecule has 0 atom stereocenters. The molecule has 0 bridgehead atoms. The smallest absolute Gasteiger partial charge is 0.489 e. The highest BCUT2D eigenvalue weighted by Crippen LogP contribution is 2.17. The van der Waals surface area contributed by atoms with E-state index in [0.717, 1.165) is 6.07 Å². The molecule has 20 heavy (non-hydrogen) atoms. The summed E-state index contributed by atoms with van der Waals surface area (Å²) < 4.78 is 31.8. The lowest BCUT2D eigenvalue weighted by molar-refractivity contribution is 0.305. The van der Waals surface area contributed by atoms with Gasteiger partial charge in [-0.1, -0.05) is 12.1 Å². The number of aryl methyl sites for hydroxylation is 1. The van der Waals surface area contributed by atoms with Crippen LogP contribution in [0.2, 0.25) is 0 Å². The Morgan fingerprint density at radius 1 is 1.05 bits per heavy atom. The number of ether oxygens (including phenoxy) is 1. The molecule has 0 aliphatic rings. The van der Waals surface area contributed by atoms with E-state index in [9.17, 15) is 8.78 Å². The van der Waals surface area contributed by atoms with E-state index in [4.69, 9.17) is 14.8 Å². The summed E-state index contributed by atoms with van der Waals surface area (Å²) in [4.78, 5) is 0. The fourth-order valence-corrected chi connectivity index (χ4v) is 1.75. The molecule has 0 fully saturated rings. The van der Waals surface area contributed by atoms with Crippen molar-refractivity contribution in [2.75, 3.05) is 0 Å². The Labute approximate surface area is 115 Å². The molecule has 0 aliphatic carbocycles. The van der Waals surface area contributed by atoms with Gasteiger partial charge in [0.25, 0.3) is 0 Å². The fourth-order valence-electron chi connectivity index (χ4n) is 1.75. The predicted octanol–water partition coefficient (Wildman–Crippen LogP) is 1.53. The van der Waals surface area contributed by atoms with Crippen LogP contribution in [0.1, 0.15) is 11.1 Å². The Morgan fingerprint density at radius 2 is 1.75 bits per heavy atom. The number of hydrogen-bond acceptors (Lipinski definition) is 3. The van der Waals surface area contributed by atoms with Crippen LogP contribution >= 0.6 is 0 Å². The van der Waals surface area contributed by atoms with Crippen molar-refractivity contribution < 1.29 is 23.6 Å². The Hall–Kier alpha value is -1.92. The summed E-state index contributed by atoms with van der Waals surface area (Å²) in [5.74, 6) is -0.523. The van der Waals surface area contributed by atoms with Crippen LogP contribution < -0.4 is 10.2 Å². The number of benzene rings is 2. The molecule has 0 aliphatic heterocycles. The van der Waals surface area contributed by atoms with Crippen molar-refractivity contribution >= 4 is 12.6 Å². The lowest BCUT2D eigenvalue weighted by Crippen LogP contribution is -2.33. The summed E-state index contributed by atoms with van der Waals surface area (Å²) in [5.41, 5.74) is 0.839. The molecule has 0 unspecified atom stereocenters. The normalized spacial score (nSPS) is 10.4. The van der Waals surface area contributed by atoms with Crippen LogP contribution in [0.4, 0.5) is 8.78 Å². The molecular formula is C14H13BF2O3. The minimum atomic E-state index is -1.87. The molecule has 0 amide bonds. The molecule has 0 saturated heterocycles. The molecule has 0 aromatic heterocycles. The Morgan fingerprint density at radius 3 is 2.40 bits per heavy atom. The largest absolute Gasteiger partial charge is 0.491 e. The fraction of sp³-hybridized carbons (Fsp3) is 0.143. The molecule has 0 saturated carbocycles. The lowest BCUT2D eigenvalue weighted by Gasteiger charge is -2.09. The van der Waals surface area contributed by atoms with Crippen LogP contribution in [0, 0.1) is 18.6 Å². The van der Waals surface area contributed by atoms with Crippen molar-refractivity contribution in [3.8, 4) is 5.75 Å². The van der Waals surface area contributed by atoms with Gasteiger partial charge in [0.1, 0.15) is 24.0 Å². The van der Waals surface area contributed by atoms with E-state index in [-0.39, 0.29) is 17.9 Å². The predicted molar refractivity (Wildman–Crippen MR) is 71.7 cm³/mol. The van der Waals surface area contributed by atoms with Crippen LogP contribution in [-0.2, 0) is 6.61 Å². The molecule has 2 rings (SSSR count). The summed E-state index contributed by atoms with van der Waals surface area (Å²) >= 11 is 0. The van der Waals surface area contributed by atoms with Gasteiger partial charge in [-0.25, -0.2) is 8.78 Å². The monoisotopic (exact) mass is 278 g/mol. The van der Waals surface area contributed by atoms with Crippen molar-refractivity contribution in [3.63, 3.8) is 0 Å². The molecule has 2 aromatic carbocycles. The summed E-state index contributed by atoms with van der Waals surface area (Å²) in [5, 5.41) is 18.0. The maximum absolute atomic E-state index is 13.3. The van der Waals surface area contributed by atoms with Crippen LogP contribution in [0.5, 0.6) is 5.75 Å². The maximum Gasteiger partial charge on any atom is 0.491 e. The molecule has 2 aromatic rings. The first kappa shape index (κ1) is 14.5. The van der Waals surface area contributed by atoms with Gasteiger partial charge >= 0.3 is 7.12 Å². The Bertz CT molecular complexity index is 617. The standard InChI is InChI=1S/C14H13BF2O3/c1-9-6-11(3-5-13(9)16)20-8-10-2-4-14(17)12(7-10)15(18)19/h2-7,18-19H,8H2,1H3. The summed E-state index contributed by atoms with van der Waals surface area (Å²) in [6, 6.07) is 8.30. The van der Waals surface area contributed by atoms with E-state index in [2.05, 4.69) is 0 Å². The van der Waals surface area contributed by atoms with Gasteiger partial charge in [0.2, 0.25) is 0 Å². The van der Waals surface area contributed by atoms with Gasteiger partial charge in [-0.2, -0.15) is 0 Å². The highest BCUT2D eigenvalue weighted by Gasteiger charge is 2.16. The summed E-state index contributed by atoms with van der Waals surface area (Å²) in [6.45, 7) is 1.74. The molecule has 104 valence electrons. The van der Waals surface area contributed by atoms with Crippen molar-refractivity contribution in [2.24, 2.45) is 0 Å². The van der Waals surface area contributed by atoms with Crippen molar-refractivity contribution in [3.05, 3.63) is 59.2 Å². The van der Waals surface area contributed by atoms with Crippen LogP contribution in [-0.4, -0.2) is 17.2 Å². The van der Waals surface area contributed by atoms with Crippen molar-refractivity contribution in [1.82, 2.24) is 0 Å². The van der Waals surface area contributed by atoms with Gasteiger partial charge in [-0.05, 0) is 42.3 Å². The second-order valence-corrected chi connectivity index (χ2v) is 4.43. The average Bonchev–Trinajstić information content (AvgIpc) is 2.41. The van der Waals surface area contributed by atoms with E-state index in [0.29, 0.717) is 16.9 Å². The van der Waals surface area contributed by atoms with Gasteiger partial charge in [-0.15, -0.1) is 0 Å². The number of hydrogen-bond donors (Lipinski definition) is 2. The second kappa shape index (κ2) is 6.03. The molecule has 0 spiro atoms. The number of rotatable bonds is 4. The van der Waals surface area contributed by atoms with Gasteiger partial charge < -0.3 is 14.8 Å². The second-order valence-electron chi connectivity index (χ2n) is 4.43. The first-order valence-electron chi connectivity index (χ1n) is 6.01. The third kappa shape index (κ3) is 3.34. The van der Waals surface area contributed by atoms with Crippen LogP contribution in [0.25, 0.3) is 0 Å². The lowest BCUT2D eigenvalue weighted by atomic mass is 9.79. The summed E-state index contributed by atoms with van der Waals surface area (Å²) in [7, 11) is -1.87. The van der Waals surface area contributed by atoms with E-state index in [1.54, 1.807) is 13.0 Å². The third-order valence-electron chi connectivity index (χ3n) is 2.87. The molecule has 0 heterocycles. The summed E-state index contributed by atoms with van der Waals surface area (Å²) in [6.07, 6.45) is 0. The van der Waals surface area contributed by atoms with Crippen molar-refractivity contribution in [1.29, 1.82) is 0 Å². The molecule has 0 radical (unpaired) electrons. The van der Waals surface area contributed by atoms with Crippen LogP contribution in [0.15, 0.2) is 36.4 Å². The SMILES string of the molecule is Cc1cc(OCc2ccc(F)c(B(O)O)c2)ccc1F. The zero-order valence-corrected chi connectivity index (χ0v) is 10.8. The van der Waals surface area contributed by atoms with E-state index in [1.165, 1.54) is 24.3 Å². The van der Waals surface area contributed by atoms with Gasteiger partial charge in [0.15, 0.2) is 0 Å². The molecule has 2 N–H and O–H groups in total. The van der Waals surface area contributed by atoms with E-state index in [1.807, 2.05) is 0 Å². The highest BCUT2D eigenvalue weighted by molar-refractivity contribution is 6.58. The van der Waals surface area contributed by atoms with E-state index < -0.39 is 12.9 Å². The minimum Gasteiger partial charge on any atom is -0.489 e. The number of halogens is 2. The van der Waals surface area contributed by atoms with Crippen molar-refractivity contribution in [2.45, 2.75) is 13.5 Å². The Balaban J connectivity index is 2.10. The zero-order chi connectivity index (χ0) is 14.7. The molecule has 6 heteroatoms. The zero-order valence-electron chi connectivity index (χ0n) is 10.8. The first-order chi connectivity index (χ1) is 9.47. The molecule has 3 nitrogen and oxygen atoms in total. The highest BCUT2D eigenvalue weighted by atomic mass is 19.1. The van der Waals surface area contributed by atoms with Gasteiger partial charge in [-0.3, -0.25) is 0 Å². The quantitative estimate of drug-likeness (QED) is 0.834.